The smallest absolute Gasteiger partial charge is 0.0446 e. The van der Waals surface area contributed by atoms with E-state index < -0.39 is 0 Å². The molecule has 1 unspecified atom stereocenters. The SMILES string of the molecule is CNC1CCCN(c2cccc3ccccc23)C1. The molecule has 18 heavy (non-hydrogen) atoms. The van der Waals surface area contributed by atoms with Gasteiger partial charge in [0.15, 0.2) is 0 Å². The molecule has 1 heterocycles. The van der Waals surface area contributed by atoms with Gasteiger partial charge >= 0.3 is 0 Å². The summed E-state index contributed by atoms with van der Waals surface area (Å²) in [5.74, 6) is 0. The van der Waals surface area contributed by atoms with Gasteiger partial charge in [0.05, 0.1) is 0 Å². The molecule has 0 bridgehead atoms. The summed E-state index contributed by atoms with van der Waals surface area (Å²) >= 11 is 0. The van der Waals surface area contributed by atoms with Crippen molar-refractivity contribution in [2.24, 2.45) is 0 Å². The molecule has 0 radical (unpaired) electrons. The van der Waals surface area contributed by atoms with Gasteiger partial charge in [-0.05, 0) is 31.3 Å². The van der Waals surface area contributed by atoms with E-state index >= 15 is 0 Å². The maximum absolute atomic E-state index is 3.41. The van der Waals surface area contributed by atoms with E-state index in [9.17, 15) is 0 Å². The second-order valence-corrected chi connectivity index (χ2v) is 5.07. The van der Waals surface area contributed by atoms with Crippen molar-refractivity contribution in [3.05, 3.63) is 42.5 Å². The average Bonchev–Trinajstić information content (AvgIpc) is 2.47. The Morgan fingerprint density at radius 1 is 1.11 bits per heavy atom. The van der Waals surface area contributed by atoms with Crippen LogP contribution in [-0.4, -0.2) is 26.2 Å². The predicted octanol–water partition coefficient (Wildman–Crippen LogP) is 3.03. The third-order valence-electron chi connectivity index (χ3n) is 3.94. The molecule has 1 saturated heterocycles. The van der Waals surface area contributed by atoms with Crippen molar-refractivity contribution >= 4 is 16.5 Å². The molecular weight excluding hydrogens is 220 g/mol. The van der Waals surface area contributed by atoms with Crippen molar-refractivity contribution in [2.45, 2.75) is 18.9 Å². The Morgan fingerprint density at radius 2 is 1.94 bits per heavy atom. The van der Waals surface area contributed by atoms with E-state index in [0.717, 1.165) is 6.54 Å². The monoisotopic (exact) mass is 240 g/mol. The minimum absolute atomic E-state index is 0.623. The second kappa shape index (κ2) is 4.99. The fourth-order valence-corrected chi connectivity index (χ4v) is 2.92. The molecule has 1 atom stereocenters. The summed E-state index contributed by atoms with van der Waals surface area (Å²) in [6.45, 7) is 2.29. The minimum atomic E-state index is 0.623. The number of hydrogen-bond donors (Lipinski definition) is 1. The van der Waals surface area contributed by atoms with Crippen LogP contribution in [0.5, 0.6) is 0 Å². The molecule has 1 aliphatic rings. The van der Waals surface area contributed by atoms with E-state index in [2.05, 4.69) is 59.7 Å². The Kier molecular flexibility index (Phi) is 3.20. The number of piperidine rings is 1. The second-order valence-electron chi connectivity index (χ2n) is 5.07. The molecule has 2 heteroatoms. The molecule has 2 aromatic rings. The van der Waals surface area contributed by atoms with E-state index in [0.29, 0.717) is 6.04 Å². The Balaban J connectivity index is 1.98. The highest BCUT2D eigenvalue weighted by Crippen LogP contribution is 2.28. The lowest BCUT2D eigenvalue weighted by Gasteiger charge is -2.35. The molecule has 2 nitrogen and oxygen atoms in total. The zero-order chi connectivity index (χ0) is 12.4. The van der Waals surface area contributed by atoms with E-state index in [-0.39, 0.29) is 0 Å². The standard InChI is InChI=1S/C16H20N2/c1-17-14-8-5-11-18(12-14)16-10-4-7-13-6-2-3-9-15(13)16/h2-4,6-7,9-10,14,17H,5,8,11-12H2,1H3. The van der Waals surface area contributed by atoms with Gasteiger partial charge < -0.3 is 10.2 Å². The molecule has 0 aliphatic carbocycles. The lowest BCUT2D eigenvalue weighted by Crippen LogP contribution is -2.44. The van der Waals surface area contributed by atoms with Gasteiger partial charge in [0.2, 0.25) is 0 Å². The third-order valence-corrected chi connectivity index (χ3v) is 3.94. The maximum atomic E-state index is 3.41. The topological polar surface area (TPSA) is 15.3 Å². The van der Waals surface area contributed by atoms with Crippen LogP contribution in [0.3, 0.4) is 0 Å². The molecule has 0 saturated carbocycles. The molecule has 1 fully saturated rings. The van der Waals surface area contributed by atoms with Crippen LogP contribution in [0.4, 0.5) is 5.69 Å². The first-order chi connectivity index (χ1) is 8.88. The number of benzene rings is 2. The predicted molar refractivity (Wildman–Crippen MR) is 78.2 cm³/mol. The van der Waals surface area contributed by atoms with Gasteiger partial charge in [-0.3, -0.25) is 0 Å². The number of rotatable bonds is 2. The summed E-state index contributed by atoms with van der Waals surface area (Å²) < 4.78 is 0. The highest BCUT2D eigenvalue weighted by molar-refractivity contribution is 5.94. The van der Waals surface area contributed by atoms with Crippen molar-refractivity contribution in [2.75, 3.05) is 25.0 Å². The lowest BCUT2D eigenvalue weighted by molar-refractivity contribution is 0.450. The van der Waals surface area contributed by atoms with E-state index in [1.54, 1.807) is 0 Å². The number of fused-ring (bicyclic) bond motifs is 1. The van der Waals surface area contributed by atoms with Crippen LogP contribution in [0.2, 0.25) is 0 Å². The zero-order valence-corrected chi connectivity index (χ0v) is 10.9. The summed E-state index contributed by atoms with van der Waals surface area (Å²) in [5, 5.41) is 6.12. The average molecular weight is 240 g/mol. The Morgan fingerprint density at radius 3 is 2.83 bits per heavy atom. The van der Waals surface area contributed by atoms with Gasteiger partial charge in [-0.2, -0.15) is 0 Å². The van der Waals surface area contributed by atoms with Gasteiger partial charge in [0, 0.05) is 30.2 Å². The third kappa shape index (κ3) is 2.08. The quantitative estimate of drug-likeness (QED) is 0.868. The van der Waals surface area contributed by atoms with Crippen molar-refractivity contribution in [1.29, 1.82) is 0 Å². The number of likely N-dealkylation sites (N-methyl/N-ethyl adjacent to an activating group) is 1. The first kappa shape index (κ1) is 11.5. The molecule has 3 rings (SSSR count). The number of hydrogen-bond acceptors (Lipinski definition) is 2. The zero-order valence-electron chi connectivity index (χ0n) is 10.9. The lowest BCUT2D eigenvalue weighted by atomic mass is 10.0. The van der Waals surface area contributed by atoms with Gasteiger partial charge in [0.1, 0.15) is 0 Å². The summed E-state index contributed by atoms with van der Waals surface area (Å²) in [6, 6.07) is 15.9. The fourth-order valence-electron chi connectivity index (χ4n) is 2.92. The van der Waals surface area contributed by atoms with Crippen LogP contribution in [0.25, 0.3) is 10.8 Å². The maximum Gasteiger partial charge on any atom is 0.0446 e. The summed E-state index contributed by atoms with van der Waals surface area (Å²) in [6.07, 6.45) is 2.56. The van der Waals surface area contributed by atoms with E-state index in [1.165, 1.54) is 35.8 Å². The van der Waals surface area contributed by atoms with Crippen molar-refractivity contribution < 1.29 is 0 Å². The van der Waals surface area contributed by atoms with Crippen LogP contribution in [0, 0.1) is 0 Å². The van der Waals surface area contributed by atoms with Crippen LogP contribution in [0.15, 0.2) is 42.5 Å². The van der Waals surface area contributed by atoms with Crippen molar-refractivity contribution in [3.8, 4) is 0 Å². The molecule has 0 spiro atoms. The Bertz CT molecular complexity index is 530. The molecule has 1 aliphatic heterocycles. The minimum Gasteiger partial charge on any atom is -0.369 e. The van der Waals surface area contributed by atoms with Crippen LogP contribution in [-0.2, 0) is 0 Å². The number of anilines is 1. The molecule has 1 N–H and O–H groups in total. The van der Waals surface area contributed by atoms with Gasteiger partial charge in [-0.25, -0.2) is 0 Å². The highest BCUT2D eigenvalue weighted by Gasteiger charge is 2.19. The molecule has 2 aromatic carbocycles. The molecule has 0 aromatic heterocycles. The summed E-state index contributed by atoms with van der Waals surface area (Å²) in [5.41, 5.74) is 1.38. The Labute approximate surface area is 109 Å². The van der Waals surface area contributed by atoms with Crippen LogP contribution >= 0.6 is 0 Å². The summed E-state index contributed by atoms with van der Waals surface area (Å²) in [7, 11) is 2.07. The van der Waals surface area contributed by atoms with Gasteiger partial charge in [-0.1, -0.05) is 36.4 Å². The van der Waals surface area contributed by atoms with Crippen LogP contribution < -0.4 is 10.2 Å². The molecule has 0 amide bonds. The first-order valence-corrected chi connectivity index (χ1v) is 6.78. The number of nitrogens with one attached hydrogen (secondary N) is 1. The van der Waals surface area contributed by atoms with Crippen LogP contribution in [0.1, 0.15) is 12.8 Å². The largest absolute Gasteiger partial charge is 0.369 e. The summed E-state index contributed by atoms with van der Waals surface area (Å²) in [4.78, 5) is 2.52. The number of nitrogens with zero attached hydrogens (tertiary/aromatic N) is 1. The molecular formula is C16H20N2. The highest BCUT2D eigenvalue weighted by atomic mass is 15.2. The van der Waals surface area contributed by atoms with E-state index in [4.69, 9.17) is 0 Å². The van der Waals surface area contributed by atoms with Crippen molar-refractivity contribution in [3.63, 3.8) is 0 Å². The van der Waals surface area contributed by atoms with Gasteiger partial charge in [-0.15, -0.1) is 0 Å². The molecule has 94 valence electrons. The first-order valence-electron chi connectivity index (χ1n) is 6.78. The van der Waals surface area contributed by atoms with Gasteiger partial charge in [0.25, 0.3) is 0 Å². The fraction of sp³-hybridized carbons (Fsp3) is 0.375. The Hall–Kier alpha value is -1.54. The van der Waals surface area contributed by atoms with E-state index in [1.807, 2.05) is 0 Å². The van der Waals surface area contributed by atoms with Crippen molar-refractivity contribution in [1.82, 2.24) is 5.32 Å². The normalized spacial score (nSPS) is 20.3.